The Hall–Kier alpha value is 2.10. The van der Waals surface area contributed by atoms with Crippen molar-refractivity contribution in [1.29, 1.82) is 0 Å². The van der Waals surface area contributed by atoms with Crippen LogP contribution in [0, 0.1) is 0 Å². The van der Waals surface area contributed by atoms with E-state index in [2.05, 4.69) is 27.1 Å². The van der Waals surface area contributed by atoms with E-state index in [1.54, 1.807) is 0 Å². The van der Waals surface area contributed by atoms with Crippen LogP contribution in [0.3, 0.4) is 0 Å². The summed E-state index contributed by atoms with van der Waals surface area (Å²) in [4.78, 5) is 0. The molecule has 0 bridgehead atoms. The summed E-state index contributed by atoms with van der Waals surface area (Å²) in [6.45, 7) is 0. The van der Waals surface area contributed by atoms with Crippen LogP contribution in [0.1, 0.15) is 0 Å². The van der Waals surface area contributed by atoms with E-state index >= 15 is 0 Å². The smallest absolute Gasteiger partial charge is 0 e. The Labute approximate surface area is 61.6 Å². The Kier molecular flexibility index (Phi) is 80.1. The Balaban J connectivity index is -0.00000000500. The van der Waals surface area contributed by atoms with E-state index in [0.29, 0.717) is 0 Å². The standard InChI is InChI=1S/Co.Ni.Se.V. The second kappa shape index (κ2) is 19.4. The van der Waals surface area contributed by atoms with E-state index in [1.807, 2.05) is 0 Å². The third kappa shape index (κ3) is 8.93. The minimum atomic E-state index is 0. The molecule has 1 radical (unpaired) electrons. The van der Waals surface area contributed by atoms with Crippen LogP contribution in [-0.4, -0.2) is 13.7 Å². The van der Waals surface area contributed by atoms with Gasteiger partial charge >= 0.3 is 27.1 Å². The molecular formula is CoNiSeV. The van der Waals surface area contributed by atoms with Gasteiger partial charge in [0.05, 0.1) is 0 Å². The summed E-state index contributed by atoms with van der Waals surface area (Å²) < 4.78 is 0. The van der Waals surface area contributed by atoms with Crippen LogP contribution < -0.4 is 0 Å². The van der Waals surface area contributed by atoms with Gasteiger partial charge in [-0.1, -0.05) is 0 Å². The van der Waals surface area contributed by atoms with Gasteiger partial charge in [-0.2, -0.15) is 0 Å². The molecule has 0 rings (SSSR count). The predicted octanol–water partition coefficient (Wildman–Crippen LogP) is -0.388. The van der Waals surface area contributed by atoms with E-state index < -0.39 is 0 Å². The Morgan fingerprint density at radius 2 is 1.25 bits per heavy atom. The molecule has 0 heterocycles. The first-order valence-electron chi connectivity index (χ1n) is 0.136. The van der Waals surface area contributed by atoms with Crippen molar-refractivity contribution in [2.24, 2.45) is 0 Å². The van der Waals surface area contributed by atoms with Gasteiger partial charge in [0, 0.05) is 35.0 Å². The van der Waals surface area contributed by atoms with Gasteiger partial charge in [0.1, 0.15) is 0 Å². The predicted molar refractivity (Wildman–Crippen MR) is 5.75 cm³/mol. The average molecular weight is 248 g/mol. The summed E-state index contributed by atoms with van der Waals surface area (Å²) in [5.74, 6) is 0. The van der Waals surface area contributed by atoms with E-state index in [0.717, 1.165) is 0 Å². The van der Waals surface area contributed by atoms with Crippen molar-refractivity contribution in [3.8, 4) is 0 Å². The molecule has 0 nitrogen and oxygen atoms in total. The summed E-state index contributed by atoms with van der Waals surface area (Å²) >= 11 is 5.75. The summed E-state index contributed by atoms with van der Waals surface area (Å²) in [5, 5.41) is 0. The van der Waals surface area contributed by atoms with Crippen molar-refractivity contribution in [3.05, 3.63) is 0 Å². The second-order valence-electron chi connectivity index (χ2n) is 0. The largest absolute Gasteiger partial charge is 0 e. The number of hydrogen-bond acceptors (Lipinski definition) is 0. The minimum Gasteiger partial charge on any atom is 0 e. The van der Waals surface area contributed by atoms with Crippen LogP contribution in [0.5, 0.6) is 0 Å². The van der Waals surface area contributed by atoms with E-state index in [4.69, 9.17) is 0 Å². The fourth-order valence-electron chi connectivity index (χ4n) is 0. The zero-order valence-corrected chi connectivity index (χ0v) is 6.64. The molecule has 4 heteroatoms. The topological polar surface area (TPSA) is 0 Å². The molecule has 0 aliphatic carbocycles. The van der Waals surface area contributed by atoms with Gasteiger partial charge in [0.2, 0.25) is 0 Å². The van der Waals surface area contributed by atoms with Gasteiger partial charge in [-0.25, -0.2) is 0 Å². The molecule has 0 aliphatic rings. The fraction of sp³-hybridized carbons (Fsp3) is 0. The van der Waals surface area contributed by atoms with Crippen molar-refractivity contribution in [3.63, 3.8) is 0 Å². The van der Waals surface area contributed by atoms with Crippen molar-refractivity contribution < 1.29 is 48.4 Å². The van der Waals surface area contributed by atoms with Crippen molar-refractivity contribution in [2.75, 3.05) is 0 Å². The maximum absolute atomic E-state index is 3.44. The van der Waals surface area contributed by atoms with Gasteiger partial charge in [-0.05, 0) is 0 Å². The monoisotopic (exact) mass is 248 g/mol. The first-order valence-corrected chi connectivity index (χ1v) is 2.92. The molecular weight excluding hydrogens is 248 g/mol. The summed E-state index contributed by atoms with van der Waals surface area (Å²) in [6, 6.07) is 0. The Morgan fingerprint density at radius 3 is 1.25 bits per heavy atom. The van der Waals surface area contributed by atoms with Crippen LogP contribution in [0.2, 0.25) is 0 Å². The molecule has 0 saturated carbocycles. The molecule has 0 aromatic rings. The molecule has 0 atom stereocenters. The molecule has 0 fully saturated rings. The molecule has 0 saturated heterocycles. The summed E-state index contributed by atoms with van der Waals surface area (Å²) in [6.07, 6.45) is 0. The number of rotatable bonds is 0. The molecule has 4 heavy (non-hydrogen) atoms. The summed E-state index contributed by atoms with van der Waals surface area (Å²) in [7, 11) is 0. The first-order chi connectivity index (χ1) is 1.00. The SMILES string of the molecule is [Co]=[Se].[Ni].[V]. The van der Waals surface area contributed by atoms with E-state index in [9.17, 15) is 0 Å². The second-order valence-corrected chi connectivity index (χ2v) is 0. The third-order valence-corrected chi connectivity index (χ3v) is 0. The van der Waals surface area contributed by atoms with Crippen molar-refractivity contribution >= 4 is 13.7 Å². The fourth-order valence-corrected chi connectivity index (χ4v) is 0. The molecule has 0 amide bonds. The van der Waals surface area contributed by atoms with Gasteiger partial charge in [-0.3, -0.25) is 0 Å². The van der Waals surface area contributed by atoms with Crippen LogP contribution >= 0.6 is 0 Å². The van der Waals surface area contributed by atoms with Crippen LogP contribution in [0.25, 0.3) is 0 Å². The zero-order valence-electron chi connectivity index (χ0n) is 1.51. The zero-order chi connectivity index (χ0) is 2.00. The van der Waals surface area contributed by atoms with E-state index in [1.165, 1.54) is 0 Å². The Bertz CT molecular complexity index is 8.00. The first kappa shape index (κ1) is 16.5. The Morgan fingerprint density at radius 1 is 1.25 bits per heavy atom. The molecule has 0 N–H and O–H groups in total. The summed E-state index contributed by atoms with van der Waals surface area (Å²) in [5.41, 5.74) is 0. The molecule has 0 spiro atoms. The molecule has 0 aromatic heterocycles. The van der Waals surface area contributed by atoms with Gasteiger partial charge < -0.3 is 0 Å². The quantitative estimate of drug-likeness (QED) is 0.512. The number of hydrogen-bond donors (Lipinski definition) is 0. The maximum Gasteiger partial charge on any atom is 0 e. The average Bonchev–Trinajstić information content (AvgIpc) is 1.00. The minimum absolute atomic E-state index is 0. The van der Waals surface area contributed by atoms with Crippen molar-refractivity contribution in [2.45, 2.75) is 0 Å². The molecule has 0 aromatic carbocycles. The maximum atomic E-state index is 3.44. The van der Waals surface area contributed by atoms with Gasteiger partial charge in [0.15, 0.2) is 0 Å². The molecule has 0 aliphatic heterocycles. The molecule has 0 unspecified atom stereocenters. The van der Waals surface area contributed by atoms with Gasteiger partial charge in [0.25, 0.3) is 0 Å². The third-order valence-electron chi connectivity index (χ3n) is 0. The van der Waals surface area contributed by atoms with Crippen LogP contribution in [0.15, 0.2) is 0 Å². The molecule has 30 valence electrons. The van der Waals surface area contributed by atoms with E-state index in [-0.39, 0.29) is 35.0 Å². The van der Waals surface area contributed by atoms with Crippen LogP contribution in [0.4, 0.5) is 0 Å². The van der Waals surface area contributed by atoms with Crippen LogP contribution in [-0.2, 0) is 48.4 Å². The van der Waals surface area contributed by atoms with Gasteiger partial charge in [-0.15, -0.1) is 0 Å². The van der Waals surface area contributed by atoms with Crippen molar-refractivity contribution in [1.82, 2.24) is 0 Å². The normalized spacial score (nSPS) is 1.25.